The lowest BCUT2D eigenvalue weighted by molar-refractivity contribution is -0.123. The number of methoxy groups -OCH3 is 1. The van der Waals surface area contributed by atoms with Gasteiger partial charge in [-0.3, -0.25) is 4.79 Å². The van der Waals surface area contributed by atoms with Gasteiger partial charge in [0.2, 0.25) is 5.91 Å². The van der Waals surface area contributed by atoms with Crippen molar-refractivity contribution in [2.45, 2.75) is 44.6 Å². The van der Waals surface area contributed by atoms with Crippen LogP contribution >= 0.6 is 0 Å². The Bertz CT molecular complexity index is 203. The van der Waals surface area contributed by atoms with Gasteiger partial charge in [0.15, 0.2) is 0 Å². The Morgan fingerprint density at radius 3 is 2.75 bits per heavy atom. The van der Waals surface area contributed by atoms with Crippen molar-refractivity contribution in [2.75, 3.05) is 20.3 Å². The van der Waals surface area contributed by atoms with Crippen molar-refractivity contribution in [1.29, 1.82) is 0 Å². The molecule has 1 unspecified atom stereocenters. The first-order chi connectivity index (χ1) is 7.74. The fourth-order valence-electron chi connectivity index (χ4n) is 2.26. The summed E-state index contributed by atoms with van der Waals surface area (Å²) < 4.78 is 4.84. The summed E-state index contributed by atoms with van der Waals surface area (Å²) in [5.41, 5.74) is 5.61. The number of amides is 1. The summed E-state index contributed by atoms with van der Waals surface area (Å²) in [6, 6.07) is -0.531. The van der Waals surface area contributed by atoms with E-state index in [2.05, 4.69) is 5.32 Å². The summed E-state index contributed by atoms with van der Waals surface area (Å²) in [5, 5.41) is 2.87. The zero-order valence-electron chi connectivity index (χ0n) is 10.2. The molecule has 1 amide bonds. The third-order valence-corrected chi connectivity index (χ3v) is 3.26. The average Bonchev–Trinajstić information content (AvgIpc) is 2.30. The van der Waals surface area contributed by atoms with E-state index in [1.165, 1.54) is 32.1 Å². The van der Waals surface area contributed by atoms with Gasteiger partial charge in [-0.2, -0.15) is 0 Å². The van der Waals surface area contributed by atoms with Crippen LogP contribution < -0.4 is 11.1 Å². The molecule has 0 radical (unpaired) electrons. The number of nitrogens with one attached hydrogen (secondary N) is 1. The third kappa shape index (κ3) is 4.94. The normalized spacial score (nSPS) is 19.4. The van der Waals surface area contributed by atoms with E-state index in [-0.39, 0.29) is 12.5 Å². The predicted octanol–water partition coefficient (Wildman–Crippen LogP) is 1.05. The highest BCUT2D eigenvalue weighted by Crippen LogP contribution is 2.25. The summed E-state index contributed by atoms with van der Waals surface area (Å²) in [7, 11) is 1.55. The van der Waals surface area contributed by atoms with Gasteiger partial charge in [-0.1, -0.05) is 32.1 Å². The van der Waals surface area contributed by atoms with Crippen LogP contribution in [0, 0.1) is 5.92 Å². The monoisotopic (exact) mass is 228 g/mol. The SMILES string of the molecule is COCC(N)C(=O)NCCC1CCCCC1. The first-order valence-corrected chi connectivity index (χ1v) is 6.26. The summed E-state index contributed by atoms with van der Waals surface area (Å²) in [4.78, 5) is 11.5. The van der Waals surface area contributed by atoms with Crippen molar-refractivity contribution >= 4 is 5.91 Å². The van der Waals surface area contributed by atoms with Crippen LogP contribution in [0.5, 0.6) is 0 Å². The molecule has 0 spiro atoms. The van der Waals surface area contributed by atoms with Crippen LogP contribution in [0.3, 0.4) is 0 Å². The van der Waals surface area contributed by atoms with Crippen molar-refractivity contribution in [3.8, 4) is 0 Å². The molecule has 0 aromatic rings. The van der Waals surface area contributed by atoms with Gasteiger partial charge < -0.3 is 15.8 Å². The highest BCUT2D eigenvalue weighted by Gasteiger charge is 2.15. The second-order valence-corrected chi connectivity index (χ2v) is 4.65. The minimum Gasteiger partial charge on any atom is -0.383 e. The van der Waals surface area contributed by atoms with Crippen LogP contribution in [0.1, 0.15) is 38.5 Å². The largest absolute Gasteiger partial charge is 0.383 e. The number of carbonyl (C=O) groups is 1. The molecule has 1 saturated carbocycles. The van der Waals surface area contributed by atoms with Crippen molar-refractivity contribution in [3.05, 3.63) is 0 Å². The molecule has 0 aromatic heterocycles. The molecule has 0 bridgehead atoms. The molecule has 4 heteroatoms. The van der Waals surface area contributed by atoms with Crippen molar-refractivity contribution < 1.29 is 9.53 Å². The standard InChI is InChI=1S/C12H24N2O2/c1-16-9-11(13)12(15)14-8-7-10-5-3-2-4-6-10/h10-11H,2-9,13H2,1H3,(H,14,15). The molecule has 1 aliphatic carbocycles. The van der Waals surface area contributed by atoms with E-state index in [0.29, 0.717) is 0 Å². The van der Waals surface area contributed by atoms with Crippen molar-refractivity contribution in [2.24, 2.45) is 11.7 Å². The van der Waals surface area contributed by atoms with E-state index >= 15 is 0 Å². The fourth-order valence-corrected chi connectivity index (χ4v) is 2.26. The van der Waals surface area contributed by atoms with E-state index in [1.54, 1.807) is 7.11 Å². The maximum absolute atomic E-state index is 11.5. The van der Waals surface area contributed by atoms with E-state index in [0.717, 1.165) is 18.9 Å². The van der Waals surface area contributed by atoms with E-state index < -0.39 is 6.04 Å². The Kier molecular flexibility index (Phi) is 6.42. The zero-order valence-corrected chi connectivity index (χ0v) is 10.2. The topological polar surface area (TPSA) is 64.3 Å². The molecule has 16 heavy (non-hydrogen) atoms. The molecule has 0 aliphatic heterocycles. The summed E-state index contributed by atoms with van der Waals surface area (Å²) >= 11 is 0. The smallest absolute Gasteiger partial charge is 0.239 e. The Balaban J connectivity index is 2.07. The van der Waals surface area contributed by atoms with E-state index in [9.17, 15) is 4.79 Å². The van der Waals surface area contributed by atoms with Gasteiger partial charge in [0.1, 0.15) is 6.04 Å². The third-order valence-electron chi connectivity index (χ3n) is 3.26. The molecular weight excluding hydrogens is 204 g/mol. The Hall–Kier alpha value is -0.610. The van der Waals surface area contributed by atoms with Crippen LogP contribution in [0.4, 0.5) is 0 Å². The number of hydrogen-bond acceptors (Lipinski definition) is 3. The van der Waals surface area contributed by atoms with Crippen LogP contribution in [0.15, 0.2) is 0 Å². The number of nitrogens with two attached hydrogens (primary N) is 1. The first-order valence-electron chi connectivity index (χ1n) is 6.26. The minimum absolute atomic E-state index is 0.0994. The Morgan fingerprint density at radius 2 is 2.12 bits per heavy atom. The number of carbonyl (C=O) groups excluding carboxylic acids is 1. The molecule has 0 aromatic carbocycles. The molecular formula is C12H24N2O2. The van der Waals surface area contributed by atoms with Gasteiger partial charge >= 0.3 is 0 Å². The first kappa shape index (κ1) is 13.5. The molecule has 1 atom stereocenters. The van der Waals surface area contributed by atoms with Gasteiger partial charge in [-0.25, -0.2) is 0 Å². The van der Waals surface area contributed by atoms with Crippen LogP contribution in [-0.4, -0.2) is 32.2 Å². The molecule has 0 saturated heterocycles. The van der Waals surface area contributed by atoms with Crippen LogP contribution in [-0.2, 0) is 9.53 Å². The molecule has 94 valence electrons. The highest BCUT2D eigenvalue weighted by molar-refractivity contribution is 5.81. The second kappa shape index (κ2) is 7.63. The van der Waals surface area contributed by atoms with E-state index in [1.807, 2.05) is 0 Å². The Morgan fingerprint density at radius 1 is 1.44 bits per heavy atom. The molecule has 1 aliphatic rings. The number of hydrogen-bond donors (Lipinski definition) is 2. The van der Waals surface area contributed by atoms with Crippen LogP contribution in [0.2, 0.25) is 0 Å². The Labute approximate surface area is 97.9 Å². The summed E-state index contributed by atoms with van der Waals surface area (Å²) in [6.07, 6.45) is 7.80. The van der Waals surface area contributed by atoms with Gasteiger partial charge in [0.05, 0.1) is 6.61 Å². The summed E-state index contributed by atoms with van der Waals surface area (Å²) in [5.74, 6) is 0.699. The van der Waals surface area contributed by atoms with Gasteiger partial charge in [0.25, 0.3) is 0 Å². The average molecular weight is 228 g/mol. The zero-order chi connectivity index (χ0) is 11.8. The molecule has 0 heterocycles. The summed E-state index contributed by atoms with van der Waals surface area (Å²) in [6.45, 7) is 1.04. The maximum atomic E-state index is 11.5. The van der Waals surface area contributed by atoms with Gasteiger partial charge in [-0.05, 0) is 12.3 Å². The quantitative estimate of drug-likeness (QED) is 0.714. The number of rotatable bonds is 6. The molecule has 1 fully saturated rings. The number of ether oxygens (including phenoxy) is 1. The van der Waals surface area contributed by atoms with Crippen molar-refractivity contribution in [3.63, 3.8) is 0 Å². The molecule has 3 N–H and O–H groups in total. The second-order valence-electron chi connectivity index (χ2n) is 4.65. The molecule has 4 nitrogen and oxygen atoms in total. The predicted molar refractivity (Wildman–Crippen MR) is 64.1 cm³/mol. The highest BCUT2D eigenvalue weighted by atomic mass is 16.5. The van der Waals surface area contributed by atoms with Gasteiger partial charge in [-0.15, -0.1) is 0 Å². The van der Waals surface area contributed by atoms with Crippen LogP contribution in [0.25, 0.3) is 0 Å². The minimum atomic E-state index is -0.531. The lowest BCUT2D eigenvalue weighted by Crippen LogP contribution is -2.44. The lowest BCUT2D eigenvalue weighted by Gasteiger charge is -2.21. The lowest BCUT2D eigenvalue weighted by atomic mass is 9.87. The fraction of sp³-hybridized carbons (Fsp3) is 0.917. The van der Waals surface area contributed by atoms with Crippen molar-refractivity contribution in [1.82, 2.24) is 5.32 Å². The van der Waals surface area contributed by atoms with Gasteiger partial charge in [0, 0.05) is 13.7 Å². The maximum Gasteiger partial charge on any atom is 0.239 e. The van der Waals surface area contributed by atoms with E-state index in [4.69, 9.17) is 10.5 Å². The molecule has 1 rings (SSSR count).